The largest absolute Gasteiger partial charge is 2.00 e. The van der Waals surface area contributed by atoms with Crippen molar-refractivity contribution in [1.29, 1.82) is 0 Å². The first-order valence-corrected chi connectivity index (χ1v) is 13.0. The van der Waals surface area contributed by atoms with E-state index < -0.39 is 0 Å². The van der Waals surface area contributed by atoms with Crippen molar-refractivity contribution in [2.45, 2.75) is 41.0 Å². The Hall–Kier alpha value is -3.61. The summed E-state index contributed by atoms with van der Waals surface area (Å²) in [7, 11) is 0. The van der Waals surface area contributed by atoms with Crippen LogP contribution < -0.4 is 0 Å². The molecule has 0 N–H and O–H groups in total. The van der Waals surface area contributed by atoms with Gasteiger partial charge in [0, 0.05) is 23.2 Å². The molecule has 0 aliphatic rings. The second kappa shape index (κ2) is 19.4. The molecule has 0 spiro atoms. The van der Waals surface area contributed by atoms with Crippen LogP contribution in [0.5, 0.6) is 0 Å². The average Bonchev–Trinajstić information content (AvgIpc) is 2.97. The molecule has 0 bridgehead atoms. The Morgan fingerprint density at radius 3 is 1.73 bits per heavy atom. The number of rotatable bonds is 3. The van der Waals surface area contributed by atoms with Crippen molar-refractivity contribution in [2.24, 2.45) is 0 Å². The Bertz CT molecular complexity index is 1480. The van der Waals surface area contributed by atoms with Crippen LogP contribution in [0.25, 0.3) is 38.7 Å². The zero-order valence-corrected chi connectivity index (χ0v) is 27.0. The second-order valence-electron chi connectivity index (χ2n) is 8.74. The Morgan fingerprint density at radius 1 is 0.725 bits per heavy atom. The standard InChI is InChI=1S/C15H13.C14H12N2.C4H6.C3H8.CH3.Pt/c1-3-4-7-13-10-11-14-8-5-6-9-15(14)12(13)2;1-9-10(2)12-6-4-8-16-14(12)13-11(9)5-3-7-15-13;1-3-4-2;1-3-2;;/h3-8,10-11H,1H2,2H3;3-8H,1-2H3;3-4H,1-2H2;3H2,1-2H3;1H3;/q-1;;;;-1;+2/b7-4-;;;;;. The van der Waals surface area contributed by atoms with E-state index in [1.807, 2.05) is 42.7 Å². The molecule has 0 saturated carbocycles. The molecule has 0 unspecified atom stereocenters. The molecule has 0 amide bonds. The van der Waals surface area contributed by atoms with Gasteiger partial charge in [0.2, 0.25) is 0 Å². The predicted octanol–water partition coefficient (Wildman–Crippen LogP) is 10.8. The Labute approximate surface area is 256 Å². The molecule has 0 aliphatic carbocycles. The molecule has 0 radical (unpaired) electrons. The van der Waals surface area contributed by atoms with Gasteiger partial charge in [0.1, 0.15) is 0 Å². The predicted molar refractivity (Wildman–Crippen MR) is 176 cm³/mol. The van der Waals surface area contributed by atoms with Crippen LogP contribution >= 0.6 is 0 Å². The summed E-state index contributed by atoms with van der Waals surface area (Å²) in [6.07, 6.45) is 14.0. The number of hydrogen-bond donors (Lipinski definition) is 0. The van der Waals surface area contributed by atoms with E-state index in [-0.39, 0.29) is 28.5 Å². The van der Waals surface area contributed by atoms with Crippen LogP contribution in [0, 0.1) is 34.3 Å². The van der Waals surface area contributed by atoms with Gasteiger partial charge < -0.3 is 7.43 Å². The zero-order valence-electron chi connectivity index (χ0n) is 24.8. The summed E-state index contributed by atoms with van der Waals surface area (Å²) in [5.41, 5.74) is 7.09. The maximum Gasteiger partial charge on any atom is 2.00 e. The molecule has 210 valence electrons. The number of pyridine rings is 2. The molecule has 2 heterocycles. The van der Waals surface area contributed by atoms with Gasteiger partial charge in [-0.1, -0.05) is 107 Å². The summed E-state index contributed by atoms with van der Waals surface area (Å²) in [4.78, 5) is 8.90. The van der Waals surface area contributed by atoms with Crippen LogP contribution in [0.2, 0.25) is 0 Å². The van der Waals surface area contributed by atoms with Gasteiger partial charge in [0.15, 0.2) is 0 Å². The molecule has 2 aromatic heterocycles. The summed E-state index contributed by atoms with van der Waals surface area (Å²) in [6.45, 7) is 21.1. The molecule has 5 rings (SSSR count). The van der Waals surface area contributed by atoms with E-state index in [0.29, 0.717) is 0 Å². The fraction of sp³-hybridized carbons (Fsp3) is 0.162. The summed E-state index contributed by atoms with van der Waals surface area (Å²) in [5, 5.41) is 4.84. The molecular weight excluding hydrogens is 667 g/mol. The minimum atomic E-state index is 0. The number of nitrogens with zero attached hydrogens (tertiary/aromatic N) is 2. The summed E-state index contributed by atoms with van der Waals surface area (Å²) < 4.78 is 0. The van der Waals surface area contributed by atoms with E-state index in [1.165, 1.54) is 50.2 Å². The number of aromatic nitrogens is 2. The van der Waals surface area contributed by atoms with Gasteiger partial charge >= 0.3 is 21.1 Å². The van der Waals surface area contributed by atoms with E-state index >= 15 is 0 Å². The molecule has 5 aromatic rings. The quantitative estimate of drug-likeness (QED) is 0.106. The van der Waals surface area contributed by atoms with Crippen LogP contribution in [0.3, 0.4) is 0 Å². The Morgan fingerprint density at radius 2 is 1.25 bits per heavy atom. The Kier molecular flexibility index (Phi) is 17.7. The van der Waals surface area contributed by atoms with Gasteiger partial charge in [0.05, 0.1) is 11.0 Å². The van der Waals surface area contributed by atoms with Gasteiger partial charge in [-0.05, 0) is 37.1 Å². The summed E-state index contributed by atoms with van der Waals surface area (Å²) in [5.74, 6) is 0. The molecule has 3 aromatic carbocycles. The van der Waals surface area contributed by atoms with Crippen molar-refractivity contribution in [3.8, 4) is 0 Å². The third kappa shape index (κ3) is 9.54. The third-order valence-electron chi connectivity index (χ3n) is 5.93. The summed E-state index contributed by atoms with van der Waals surface area (Å²) in [6, 6.07) is 21.8. The Balaban J connectivity index is 0.000000596. The molecule has 40 heavy (non-hydrogen) atoms. The molecule has 0 fully saturated rings. The van der Waals surface area contributed by atoms with Crippen molar-refractivity contribution in [1.82, 2.24) is 9.97 Å². The van der Waals surface area contributed by atoms with Gasteiger partial charge in [0.25, 0.3) is 0 Å². The van der Waals surface area contributed by atoms with Crippen molar-refractivity contribution < 1.29 is 21.1 Å². The van der Waals surface area contributed by atoms with Crippen LogP contribution in [0.15, 0.2) is 111 Å². The van der Waals surface area contributed by atoms with Crippen molar-refractivity contribution in [3.05, 3.63) is 147 Å². The van der Waals surface area contributed by atoms with Crippen molar-refractivity contribution in [2.75, 3.05) is 0 Å². The van der Waals surface area contributed by atoms with Crippen LogP contribution in [-0.2, 0) is 21.1 Å². The van der Waals surface area contributed by atoms with E-state index in [2.05, 4.69) is 107 Å². The molecule has 0 aliphatic heterocycles. The minimum absolute atomic E-state index is 0. The SMILES string of the molecule is C=C/C=C\c1ccc2ccc[c-]c2c1C.C=CC=C.CCC.Cc1c(C)c2cccnc2c2ncccc12.[CH3-].[Pt+2]. The first kappa shape index (κ1) is 36.4. The van der Waals surface area contributed by atoms with E-state index in [0.717, 1.165) is 11.0 Å². The topological polar surface area (TPSA) is 25.8 Å². The maximum atomic E-state index is 4.45. The van der Waals surface area contributed by atoms with Crippen LogP contribution in [0.4, 0.5) is 0 Å². The second-order valence-corrected chi connectivity index (χ2v) is 8.74. The van der Waals surface area contributed by atoms with Gasteiger partial charge in [-0.2, -0.15) is 0 Å². The number of aryl methyl sites for hydroxylation is 3. The third-order valence-corrected chi connectivity index (χ3v) is 5.93. The smallest absolute Gasteiger partial charge is 0.358 e. The molecular formula is C37H42N2Pt. The van der Waals surface area contributed by atoms with Crippen LogP contribution in [0.1, 0.15) is 42.5 Å². The van der Waals surface area contributed by atoms with Gasteiger partial charge in [-0.3, -0.25) is 9.97 Å². The number of allylic oxidation sites excluding steroid dienone is 4. The molecule has 0 atom stereocenters. The normalized spacial score (nSPS) is 9.53. The monoisotopic (exact) mass is 709 g/mol. The summed E-state index contributed by atoms with van der Waals surface area (Å²) >= 11 is 0. The van der Waals surface area contributed by atoms with Gasteiger partial charge in [-0.15, -0.1) is 40.6 Å². The first-order chi connectivity index (χ1) is 18.4. The first-order valence-electron chi connectivity index (χ1n) is 13.0. The number of fused-ring (bicyclic) bond motifs is 4. The van der Waals surface area contributed by atoms with Crippen molar-refractivity contribution >= 4 is 38.7 Å². The minimum Gasteiger partial charge on any atom is -0.358 e. The van der Waals surface area contributed by atoms with Gasteiger partial charge in [-0.25, -0.2) is 0 Å². The zero-order chi connectivity index (χ0) is 27.9. The van der Waals surface area contributed by atoms with E-state index in [4.69, 9.17) is 0 Å². The number of benzene rings is 3. The van der Waals surface area contributed by atoms with Crippen molar-refractivity contribution in [3.63, 3.8) is 0 Å². The fourth-order valence-corrected chi connectivity index (χ4v) is 3.91. The molecule has 0 saturated heterocycles. The average molecular weight is 710 g/mol. The molecule has 2 nitrogen and oxygen atoms in total. The maximum absolute atomic E-state index is 4.45. The fourth-order valence-electron chi connectivity index (χ4n) is 3.91. The van der Waals surface area contributed by atoms with Crippen LogP contribution in [-0.4, -0.2) is 9.97 Å². The van der Waals surface area contributed by atoms with E-state index in [9.17, 15) is 0 Å². The van der Waals surface area contributed by atoms with E-state index in [1.54, 1.807) is 18.2 Å². The molecule has 3 heteroatoms. The number of hydrogen-bond acceptors (Lipinski definition) is 2.